The molecule has 3 fully saturated rings. The molecule has 3 aliphatic rings. The number of aromatic nitrogens is 4. The van der Waals surface area contributed by atoms with Crippen LogP contribution in [-0.2, 0) is 9.59 Å². The van der Waals surface area contributed by atoms with Crippen LogP contribution < -0.4 is 16.4 Å². The van der Waals surface area contributed by atoms with Crippen molar-refractivity contribution < 1.29 is 14.0 Å². The lowest BCUT2D eigenvalue weighted by atomic mass is 10.0. The van der Waals surface area contributed by atoms with E-state index in [1.807, 2.05) is 55.7 Å². The van der Waals surface area contributed by atoms with Gasteiger partial charge >= 0.3 is 0 Å². The monoisotopic (exact) mass is 767 g/mol. The molecule has 290 valence electrons. The molecule has 6 N–H and O–H groups in total. The lowest BCUT2D eigenvalue weighted by molar-refractivity contribution is -0.135. The highest BCUT2D eigenvalue weighted by atomic mass is 35.5. The van der Waals surface area contributed by atoms with Crippen molar-refractivity contribution in [3.63, 3.8) is 0 Å². The van der Waals surface area contributed by atoms with Crippen molar-refractivity contribution in [2.24, 2.45) is 23.3 Å². The number of carbonyl (C=O) groups excluding carboxylic acids is 2. The minimum absolute atomic E-state index is 0.0343. The minimum Gasteiger partial charge on any atom is -0.357 e. The van der Waals surface area contributed by atoms with Crippen molar-refractivity contribution in [1.82, 2.24) is 29.7 Å². The van der Waals surface area contributed by atoms with Gasteiger partial charge < -0.3 is 36.1 Å². The van der Waals surface area contributed by atoms with Gasteiger partial charge in [0.1, 0.15) is 17.5 Å². The Kier molecular flexibility index (Phi) is 10.1. The Balaban J connectivity index is 1.10. The molecule has 13 heteroatoms. The largest absolute Gasteiger partial charge is 0.357 e. The fourth-order valence-corrected chi connectivity index (χ4v) is 9.00. The van der Waals surface area contributed by atoms with Crippen LogP contribution in [-0.4, -0.2) is 66.7 Å². The Labute approximate surface area is 326 Å². The average molecular weight is 768 g/mol. The molecule has 3 saturated heterocycles. The van der Waals surface area contributed by atoms with Gasteiger partial charge in [-0.2, -0.15) is 0 Å². The fourth-order valence-electron chi connectivity index (χ4n) is 8.88. The number of halogens is 2. The summed E-state index contributed by atoms with van der Waals surface area (Å²) < 4.78 is 15.1. The van der Waals surface area contributed by atoms with Gasteiger partial charge in [-0.1, -0.05) is 51.4 Å². The third-order valence-electron chi connectivity index (χ3n) is 12.1. The SMILES string of the molecule is CC(C)[C@H](N)C(=O)N1CCC[C@H]1c1nc2ccc([C@H]3CC[C@H](c4ccc5nc([C@@H]6CCCN6C(=O)[C@@H](N)C(C)C)[nH]c5c4)N3c3ccc(Cl)c(F)c3)cc2[nH]1. The van der Waals surface area contributed by atoms with E-state index in [9.17, 15) is 9.59 Å². The first-order valence-corrected chi connectivity index (χ1v) is 20.1. The number of rotatable bonds is 9. The average Bonchev–Trinajstić information content (AvgIpc) is 4.02. The van der Waals surface area contributed by atoms with E-state index >= 15 is 4.39 Å². The molecule has 0 unspecified atom stereocenters. The summed E-state index contributed by atoms with van der Waals surface area (Å²) in [5, 5.41) is 0.0800. The van der Waals surface area contributed by atoms with E-state index in [1.165, 1.54) is 6.07 Å². The van der Waals surface area contributed by atoms with E-state index in [1.54, 1.807) is 6.07 Å². The summed E-state index contributed by atoms with van der Waals surface area (Å²) in [5.41, 5.74) is 18.9. The molecule has 3 aliphatic heterocycles. The molecule has 5 aromatic rings. The van der Waals surface area contributed by atoms with E-state index in [2.05, 4.69) is 39.1 Å². The normalized spacial score (nSPS) is 22.9. The van der Waals surface area contributed by atoms with Crippen LogP contribution in [0.5, 0.6) is 0 Å². The zero-order chi connectivity index (χ0) is 38.7. The topological polar surface area (TPSA) is 153 Å². The van der Waals surface area contributed by atoms with Crippen LogP contribution in [0.1, 0.15) is 113 Å². The summed E-state index contributed by atoms with van der Waals surface area (Å²) in [6.45, 7) is 9.21. The number of aromatic amines is 2. The van der Waals surface area contributed by atoms with Crippen LogP contribution in [0.3, 0.4) is 0 Å². The van der Waals surface area contributed by atoms with Crippen molar-refractivity contribution in [1.29, 1.82) is 0 Å². The Morgan fingerprint density at radius 1 is 0.709 bits per heavy atom. The minimum atomic E-state index is -0.547. The third-order valence-corrected chi connectivity index (χ3v) is 12.4. The van der Waals surface area contributed by atoms with Gasteiger partial charge in [-0.25, -0.2) is 14.4 Å². The summed E-state index contributed by atoms with van der Waals surface area (Å²) in [4.78, 5) is 49.6. The van der Waals surface area contributed by atoms with E-state index in [4.69, 9.17) is 33.0 Å². The van der Waals surface area contributed by atoms with Crippen molar-refractivity contribution in [2.45, 2.75) is 102 Å². The first-order valence-electron chi connectivity index (χ1n) is 19.7. The molecular formula is C42H51ClFN9O2. The number of hydrogen-bond donors (Lipinski definition) is 4. The Morgan fingerprint density at radius 3 is 1.62 bits per heavy atom. The number of benzene rings is 3. The Morgan fingerprint density at radius 2 is 1.18 bits per heavy atom. The predicted octanol–water partition coefficient (Wildman–Crippen LogP) is 7.61. The van der Waals surface area contributed by atoms with Gasteiger partial charge in [0.25, 0.3) is 0 Å². The molecular weight excluding hydrogens is 717 g/mol. The smallest absolute Gasteiger partial charge is 0.240 e. The fraction of sp³-hybridized carbons (Fsp3) is 0.476. The number of carbonyl (C=O) groups is 2. The number of imidazole rings is 2. The van der Waals surface area contributed by atoms with Crippen LogP contribution in [0.25, 0.3) is 22.1 Å². The quantitative estimate of drug-likeness (QED) is 0.120. The maximum absolute atomic E-state index is 15.1. The van der Waals surface area contributed by atoms with E-state index < -0.39 is 17.9 Å². The zero-order valence-corrected chi connectivity index (χ0v) is 32.7. The molecule has 55 heavy (non-hydrogen) atoms. The first kappa shape index (κ1) is 37.4. The second kappa shape index (κ2) is 14.9. The zero-order valence-electron chi connectivity index (χ0n) is 31.9. The summed E-state index contributed by atoms with van der Waals surface area (Å²) >= 11 is 6.18. The third kappa shape index (κ3) is 6.86. The first-order chi connectivity index (χ1) is 26.4. The van der Waals surface area contributed by atoms with Gasteiger partial charge in [0, 0.05) is 18.8 Å². The highest BCUT2D eigenvalue weighted by Gasteiger charge is 2.39. The van der Waals surface area contributed by atoms with Crippen LogP contribution >= 0.6 is 11.6 Å². The van der Waals surface area contributed by atoms with Gasteiger partial charge in [0.15, 0.2) is 0 Å². The van der Waals surface area contributed by atoms with Gasteiger partial charge in [0.2, 0.25) is 11.8 Å². The van der Waals surface area contributed by atoms with Gasteiger partial charge in [-0.3, -0.25) is 9.59 Å². The number of nitrogens with two attached hydrogens (primary N) is 2. The molecule has 0 bridgehead atoms. The number of hydrogen-bond acceptors (Lipinski definition) is 7. The van der Waals surface area contributed by atoms with Crippen molar-refractivity contribution >= 4 is 51.2 Å². The van der Waals surface area contributed by atoms with E-state index in [-0.39, 0.29) is 52.8 Å². The van der Waals surface area contributed by atoms with Crippen molar-refractivity contribution in [2.75, 3.05) is 18.0 Å². The highest BCUT2D eigenvalue weighted by molar-refractivity contribution is 6.30. The number of amides is 2. The van der Waals surface area contributed by atoms with E-state index in [0.29, 0.717) is 13.1 Å². The number of nitrogens with zero attached hydrogens (tertiary/aromatic N) is 5. The maximum atomic E-state index is 15.1. The maximum Gasteiger partial charge on any atom is 0.240 e. The second-order valence-electron chi connectivity index (χ2n) is 16.3. The van der Waals surface area contributed by atoms with Gasteiger partial charge in [-0.05, 0) is 104 Å². The van der Waals surface area contributed by atoms with E-state index in [0.717, 1.165) is 89.1 Å². The summed E-state index contributed by atoms with van der Waals surface area (Å²) in [6.07, 6.45) is 5.12. The lowest BCUT2D eigenvalue weighted by Gasteiger charge is -2.33. The Bertz CT molecular complexity index is 2100. The molecule has 0 spiro atoms. The number of fused-ring (bicyclic) bond motifs is 2. The lowest BCUT2D eigenvalue weighted by Crippen LogP contribution is -2.46. The summed E-state index contributed by atoms with van der Waals surface area (Å²) in [5.74, 6) is 1.11. The molecule has 11 nitrogen and oxygen atoms in total. The second-order valence-corrected chi connectivity index (χ2v) is 16.7. The number of anilines is 1. The number of likely N-dealkylation sites (tertiary alicyclic amines) is 2. The van der Waals surface area contributed by atoms with Crippen LogP contribution in [0, 0.1) is 17.7 Å². The summed E-state index contributed by atoms with van der Waals surface area (Å²) in [7, 11) is 0. The number of nitrogens with one attached hydrogen (secondary N) is 2. The molecule has 5 heterocycles. The predicted molar refractivity (Wildman–Crippen MR) is 214 cm³/mol. The molecule has 6 atom stereocenters. The van der Waals surface area contributed by atoms with Crippen molar-refractivity contribution in [3.05, 3.63) is 88.2 Å². The molecule has 8 rings (SSSR count). The number of H-pyrrole nitrogens is 2. The van der Waals surface area contributed by atoms with Crippen molar-refractivity contribution in [3.8, 4) is 0 Å². The summed E-state index contributed by atoms with van der Waals surface area (Å²) in [6, 6.07) is 16.1. The highest BCUT2D eigenvalue weighted by Crippen LogP contribution is 2.48. The molecule has 3 aromatic carbocycles. The molecule has 2 aromatic heterocycles. The van der Waals surface area contributed by atoms with Gasteiger partial charge in [0.05, 0.1) is 63.3 Å². The molecule has 0 aliphatic carbocycles. The standard InChI is InChI=1S/C42H51ClFN9O2/c1-22(2)37(45)41(54)51-17-5-7-35(51)39-47-29-13-9-24(19-31(29)49-39)33-15-16-34(53(33)26-11-12-27(43)28(44)21-26)25-10-14-30-32(20-25)50-40(48-30)36-8-6-18-52(36)42(55)38(46)23(3)4/h9-14,19-23,33-38H,5-8,15-18,45-46H2,1-4H3,(H,47,49)(H,48,50)/t33-,34-,35+,36+,37+,38+/m1/s1. The molecule has 0 radical (unpaired) electrons. The van der Waals surface area contributed by atoms with Crippen LogP contribution in [0.4, 0.5) is 10.1 Å². The molecule has 2 amide bonds. The van der Waals surface area contributed by atoms with Gasteiger partial charge in [-0.15, -0.1) is 0 Å². The molecule has 0 saturated carbocycles. The van der Waals surface area contributed by atoms with Crippen LogP contribution in [0.2, 0.25) is 5.02 Å². The Hall–Kier alpha value is -4.52. The van der Waals surface area contributed by atoms with Crippen LogP contribution in [0.15, 0.2) is 54.6 Å².